The fraction of sp³-hybridized carbons (Fsp3) is 0.600. The highest BCUT2D eigenvalue weighted by molar-refractivity contribution is 7.99. The van der Waals surface area contributed by atoms with E-state index in [0.29, 0.717) is 17.2 Å². The topological polar surface area (TPSA) is 29.3 Å². The van der Waals surface area contributed by atoms with Gasteiger partial charge in [-0.15, -0.1) is 11.8 Å². The molecule has 3 heteroatoms. The summed E-state index contributed by atoms with van der Waals surface area (Å²) >= 11 is 1.92. The van der Waals surface area contributed by atoms with Crippen molar-refractivity contribution in [1.82, 2.24) is 4.90 Å². The van der Waals surface area contributed by atoms with Crippen molar-refractivity contribution in [2.24, 2.45) is 11.7 Å². The molecule has 2 nitrogen and oxygen atoms in total. The maximum Gasteiger partial charge on any atom is 0.0348 e. The van der Waals surface area contributed by atoms with Gasteiger partial charge in [-0.2, -0.15) is 0 Å². The Labute approximate surface area is 115 Å². The predicted octanol–water partition coefficient (Wildman–Crippen LogP) is 3.14. The smallest absolute Gasteiger partial charge is 0.0348 e. The van der Waals surface area contributed by atoms with Gasteiger partial charge in [0.2, 0.25) is 0 Å². The molecule has 1 aromatic rings. The number of likely N-dealkylation sites (tertiary alicyclic amines) is 1. The van der Waals surface area contributed by atoms with E-state index < -0.39 is 0 Å². The zero-order valence-corrected chi connectivity index (χ0v) is 12.4. The average molecular weight is 264 g/mol. The molecule has 0 bridgehead atoms. The lowest BCUT2D eigenvalue weighted by atomic mass is 10.00. The summed E-state index contributed by atoms with van der Waals surface area (Å²) in [6.07, 6.45) is 1.20. The van der Waals surface area contributed by atoms with Crippen LogP contribution in [0.1, 0.15) is 31.9 Å². The second kappa shape index (κ2) is 6.09. The standard InChI is InChI=1S/C15H24N2S/c1-11(2)18-14-6-4-13(5-7-14)15-8-12(9-16)10-17(15)3/h4-7,11-12,15H,8-10,16H2,1-3H3. The molecule has 0 amide bonds. The summed E-state index contributed by atoms with van der Waals surface area (Å²) < 4.78 is 0. The van der Waals surface area contributed by atoms with Crippen LogP contribution < -0.4 is 5.73 Å². The lowest BCUT2D eigenvalue weighted by Gasteiger charge is -2.19. The largest absolute Gasteiger partial charge is 0.330 e. The summed E-state index contributed by atoms with van der Waals surface area (Å²) in [5.74, 6) is 0.657. The average Bonchev–Trinajstić information content (AvgIpc) is 2.71. The summed E-state index contributed by atoms with van der Waals surface area (Å²) in [6.45, 7) is 6.40. The molecule has 1 aliphatic rings. The molecule has 0 saturated carbocycles. The monoisotopic (exact) mass is 264 g/mol. The molecule has 1 fully saturated rings. The van der Waals surface area contributed by atoms with Crippen molar-refractivity contribution >= 4 is 11.8 Å². The maximum atomic E-state index is 5.79. The van der Waals surface area contributed by atoms with Gasteiger partial charge in [-0.25, -0.2) is 0 Å². The van der Waals surface area contributed by atoms with Crippen molar-refractivity contribution in [1.29, 1.82) is 0 Å². The second-order valence-electron chi connectivity index (χ2n) is 5.53. The fourth-order valence-electron chi connectivity index (χ4n) is 2.71. The van der Waals surface area contributed by atoms with Crippen LogP contribution in [-0.4, -0.2) is 30.3 Å². The van der Waals surface area contributed by atoms with Gasteiger partial charge >= 0.3 is 0 Å². The Balaban J connectivity index is 2.05. The van der Waals surface area contributed by atoms with Crippen LogP contribution >= 0.6 is 11.8 Å². The van der Waals surface area contributed by atoms with Gasteiger partial charge in [-0.3, -0.25) is 4.90 Å². The summed E-state index contributed by atoms with van der Waals surface area (Å²) in [7, 11) is 2.21. The Morgan fingerprint density at radius 1 is 1.33 bits per heavy atom. The Morgan fingerprint density at radius 3 is 2.50 bits per heavy atom. The Hall–Kier alpha value is -0.510. The van der Waals surface area contributed by atoms with E-state index in [-0.39, 0.29) is 0 Å². The SMILES string of the molecule is CC(C)Sc1ccc(C2CC(CN)CN2C)cc1. The van der Waals surface area contributed by atoms with E-state index in [4.69, 9.17) is 5.73 Å². The van der Waals surface area contributed by atoms with Crippen molar-refractivity contribution < 1.29 is 0 Å². The van der Waals surface area contributed by atoms with Crippen molar-refractivity contribution in [3.8, 4) is 0 Å². The van der Waals surface area contributed by atoms with Gasteiger partial charge in [-0.1, -0.05) is 26.0 Å². The molecular formula is C15H24N2S. The van der Waals surface area contributed by atoms with Gasteiger partial charge in [0.1, 0.15) is 0 Å². The quantitative estimate of drug-likeness (QED) is 0.847. The van der Waals surface area contributed by atoms with E-state index in [1.807, 2.05) is 11.8 Å². The molecule has 2 unspecified atom stereocenters. The van der Waals surface area contributed by atoms with E-state index in [0.717, 1.165) is 13.1 Å². The van der Waals surface area contributed by atoms with Crippen molar-refractivity contribution in [2.75, 3.05) is 20.1 Å². The van der Waals surface area contributed by atoms with E-state index in [1.165, 1.54) is 16.9 Å². The number of hydrogen-bond donors (Lipinski definition) is 1. The number of nitrogens with two attached hydrogens (primary N) is 1. The molecule has 0 radical (unpaired) electrons. The first-order valence-corrected chi connectivity index (χ1v) is 7.65. The van der Waals surface area contributed by atoms with Gasteiger partial charge in [0.25, 0.3) is 0 Å². The number of thioether (sulfide) groups is 1. The second-order valence-corrected chi connectivity index (χ2v) is 7.18. The highest BCUT2D eigenvalue weighted by Crippen LogP contribution is 2.34. The number of rotatable bonds is 4. The van der Waals surface area contributed by atoms with Crippen LogP contribution in [0.5, 0.6) is 0 Å². The number of benzene rings is 1. The van der Waals surface area contributed by atoms with Crippen LogP contribution in [0.2, 0.25) is 0 Å². The normalized spacial score (nSPS) is 24.9. The number of hydrogen-bond acceptors (Lipinski definition) is 3. The highest BCUT2D eigenvalue weighted by atomic mass is 32.2. The number of nitrogens with zero attached hydrogens (tertiary/aromatic N) is 1. The molecule has 1 aliphatic heterocycles. The van der Waals surface area contributed by atoms with E-state index in [2.05, 4.69) is 50.1 Å². The predicted molar refractivity (Wildman–Crippen MR) is 80.0 cm³/mol. The van der Waals surface area contributed by atoms with Crippen molar-refractivity contribution in [3.63, 3.8) is 0 Å². The lowest BCUT2D eigenvalue weighted by molar-refractivity contribution is 0.313. The van der Waals surface area contributed by atoms with E-state index in [9.17, 15) is 0 Å². The molecule has 1 heterocycles. The van der Waals surface area contributed by atoms with Crippen molar-refractivity contribution in [3.05, 3.63) is 29.8 Å². The fourth-order valence-corrected chi connectivity index (χ4v) is 3.54. The molecule has 18 heavy (non-hydrogen) atoms. The minimum Gasteiger partial charge on any atom is -0.330 e. The maximum absolute atomic E-state index is 5.79. The summed E-state index contributed by atoms with van der Waals surface area (Å²) in [6, 6.07) is 9.62. The molecular weight excluding hydrogens is 240 g/mol. The zero-order valence-electron chi connectivity index (χ0n) is 11.6. The lowest BCUT2D eigenvalue weighted by Crippen LogP contribution is -2.20. The first-order chi connectivity index (χ1) is 8.60. The van der Waals surface area contributed by atoms with Crippen LogP contribution in [0.25, 0.3) is 0 Å². The minimum absolute atomic E-state index is 0.552. The summed E-state index contributed by atoms with van der Waals surface area (Å²) in [5, 5.41) is 0.645. The van der Waals surface area contributed by atoms with Gasteiger partial charge in [-0.05, 0) is 43.6 Å². The van der Waals surface area contributed by atoms with Gasteiger partial charge in [0.05, 0.1) is 0 Å². The Bertz CT molecular complexity index is 375. The molecule has 0 spiro atoms. The third-order valence-electron chi connectivity index (χ3n) is 3.60. The molecule has 0 aromatic heterocycles. The zero-order chi connectivity index (χ0) is 13.1. The van der Waals surface area contributed by atoms with Crippen LogP contribution in [0.4, 0.5) is 0 Å². The van der Waals surface area contributed by atoms with Gasteiger partial charge in [0, 0.05) is 22.7 Å². The Morgan fingerprint density at radius 2 is 2.00 bits per heavy atom. The van der Waals surface area contributed by atoms with Crippen LogP contribution in [-0.2, 0) is 0 Å². The molecule has 2 N–H and O–H groups in total. The molecule has 2 rings (SSSR count). The van der Waals surface area contributed by atoms with Crippen LogP contribution in [0, 0.1) is 5.92 Å². The minimum atomic E-state index is 0.552. The molecule has 100 valence electrons. The molecule has 0 aliphatic carbocycles. The van der Waals surface area contributed by atoms with Gasteiger partial charge < -0.3 is 5.73 Å². The van der Waals surface area contributed by atoms with Crippen LogP contribution in [0.3, 0.4) is 0 Å². The third kappa shape index (κ3) is 3.28. The first kappa shape index (κ1) is 13.9. The van der Waals surface area contributed by atoms with Crippen molar-refractivity contribution in [2.45, 2.75) is 36.5 Å². The Kier molecular flexibility index (Phi) is 4.71. The highest BCUT2D eigenvalue weighted by Gasteiger charge is 2.29. The van der Waals surface area contributed by atoms with E-state index >= 15 is 0 Å². The van der Waals surface area contributed by atoms with E-state index in [1.54, 1.807) is 0 Å². The summed E-state index contributed by atoms with van der Waals surface area (Å²) in [5.41, 5.74) is 7.22. The van der Waals surface area contributed by atoms with Crippen LogP contribution in [0.15, 0.2) is 29.2 Å². The molecule has 1 saturated heterocycles. The summed E-state index contributed by atoms with van der Waals surface area (Å²) in [4.78, 5) is 3.80. The molecule has 1 aromatic carbocycles. The third-order valence-corrected chi connectivity index (χ3v) is 4.62. The first-order valence-electron chi connectivity index (χ1n) is 6.77. The van der Waals surface area contributed by atoms with Gasteiger partial charge in [0.15, 0.2) is 0 Å². The molecule has 2 atom stereocenters.